The molecule has 1 aliphatic heterocycles. The Hall–Kier alpha value is -4.81. The molecule has 0 unspecified atom stereocenters. The number of aryl methyl sites for hydroxylation is 1. The first-order chi connectivity index (χ1) is 22.3. The molecule has 7 nitrogen and oxygen atoms in total. The molecule has 48 heavy (non-hydrogen) atoms. The van der Waals surface area contributed by atoms with Crippen LogP contribution in [0.15, 0.2) is 64.9 Å². The Morgan fingerprint density at radius 2 is 1.56 bits per heavy atom. The summed E-state index contributed by atoms with van der Waals surface area (Å²) in [5, 5.41) is 26.9. The van der Waals surface area contributed by atoms with Gasteiger partial charge < -0.3 is 9.80 Å². The molecule has 0 bridgehead atoms. The number of fused-ring (bicyclic) bond motifs is 1. The average molecular weight is 684 g/mol. The molecular weight excluding hydrogens is 653 g/mol. The molecule has 1 atom stereocenters. The molecule has 4 rings (SSSR count). The number of hydrogen-bond acceptors (Lipinski definition) is 4. The largest absolute Gasteiger partial charge is 0.416 e. The van der Waals surface area contributed by atoms with Crippen LogP contribution in [0.3, 0.4) is 0 Å². The van der Waals surface area contributed by atoms with E-state index >= 15 is 0 Å². The van der Waals surface area contributed by atoms with Crippen LogP contribution in [0.4, 0.5) is 45.2 Å². The maximum absolute atomic E-state index is 14.2. The molecular formula is C32H30F9N7. The van der Waals surface area contributed by atoms with Crippen molar-refractivity contribution in [3.05, 3.63) is 99.1 Å². The topological polar surface area (TPSA) is 82.1 Å². The van der Waals surface area contributed by atoms with Gasteiger partial charge in [-0.1, -0.05) is 28.5 Å². The molecule has 3 aromatic rings. The molecule has 0 radical (unpaired) electrons. The van der Waals surface area contributed by atoms with Gasteiger partial charge in [0.2, 0.25) is 5.96 Å². The van der Waals surface area contributed by atoms with Gasteiger partial charge >= 0.3 is 18.5 Å². The smallest absolute Gasteiger partial charge is 0.367 e. The summed E-state index contributed by atoms with van der Waals surface area (Å²) >= 11 is 0. The van der Waals surface area contributed by atoms with Gasteiger partial charge in [0.25, 0.3) is 0 Å². The molecule has 0 fully saturated rings. The summed E-state index contributed by atoms with van der Waals surface area (Å²) < 4.78 is 125. The highest BCUT2D eigenvalue weighted by Gasteiger charge is 2.39. The summed E-state index contributed by atoms with van der Waals surface area (Å²) in [7, 11) is 2.96. The first kappa shape index (κ1) is 36.0. The summed E-state index contributed by atoms with van der Waals surface area (Å²) in [5.74, 6) is -0.627. The second-order valence-electron chi connectivity index (χ2n) is 11.5. The fourth-order valence-corrected chi connectivity index (χ4v) is 5.59. The monoisotopic (exact) mass is 683 g/mol. The van der Waals surface area contributed by atoms with Crippen molar-refractivity contribution in [2.75, 3.05) is 25.5 Å². The van der Waals surface area contributed by atoms with Crippen LogP contribution in [-0.4, -0.2) is 36.5 Å². The third-order valence-electron chi connectivity index (χ3n) is 7.68. The number of halogens is 9. The van der Waals surface area contributed by atoms with Crippen LogP contribution in [-0.2, 0) is 31.6 Å². The van der Waals surface area contributed by atoms with E-state index in [1.54, 1.807) is 29.2 Å². The summed E-state index contributed by atoms with van der Waals surface area (Å²) in [6.45, 7) is 0.876. The number of nitrogens with one attached hydrogen (secondary N) is 1. The average Bonchev–Trinajstić information content (AvgIpc) is 3.15. The van der Waals surface area contributed by atoms with Crippen molar-refractivity contribution in [2.24, 2.45) is 10.3 Å². The van der Waals surface area contributed by atoms with Crippen molar-refractivity contribution in [2.45, 2.75) is 57.4 Å². The maximum Gasteiger partial charge on any atom is 0.416 e. The highest BCUT2D eigenvalue weighted by molar-refractivity contribution is 5.78. The van der Waals surface area contributed by atoms with E-state index in [1.165, 1.54) is 32.1 Å². The van der Waals surface area contributed by atoms with Gasteiger partial charge in [0.15, 0.2) is 0 Å². The first-order valence-corrected chi connectivity index (χ1v) is 14.5. The highest BCUT2D eigenvalue weighted by Crippen LogP contribution is 2.44. The summed E-state index contributed by atoms with van der Waals surface area (Å²) in [4.78, 5) is 2.82. The van der Waals surface area contributed by atoms with Gasteiger partial charge in [-0.25, -0.2) is 0 Å². The lowest BCUT2D eigenvalue weighted by atomic mass is 9.94. The predicted molar refractivity (Wildman–Crippen MR) is 159 cm³/mol. The molecule has 1 heterocycles. The molecule has 16 heteroatoms. The number of nitriles is 1. The molecule has 0 saturated heterocycles. The Morgan fingerprint density at radius 1 is 0.917 bits per heavy atom. The Morgan fingerprint density at radius 3 is 2.12 bits per heavy atom. The Bertz CT molecular complexity index is 1690. The molecule has 0 aromatic heterocycles. The van der Waals surface area contributed by atoms with Crippen LogP contribution >= 0.6 is 0 Å². The van der Waals surface area contributed by atoms with E-state index in [0.29, 0.717) is 29.7 Å². The van der Waals surface area contributed by atoms with Gasteiger partial charge in [0.05, 0.1) is 34.4 Å². The molecule has 256 valence electrons. The SMILES string of the molecule is Cc1cc2c(cc1C(F)(F)F)N(Cc1cccc(C#N)c1)CCC[C@@H]2N(Cc1cc(C(F)(F)F)cc(C(F)(F)F)c1)C(=N)N=NN(C)C. The lowest BCUT2D eigenvalue weighted by Crippen LogP contribution is -2.33. The summed E-state index contributed by atoms with van der Waals surface area (Å²) in [6.07, 6.45) is -14.5. The van der Waals surface area contributed by atoms with Crippen LogP contribution in [0.25, 0.3) is 0 Å². The first-order valence-electron chi connectivity index (χ1n) is 14.5. The molecule has 1 aliphatic rings. The van der Waals surface area contributed by atoms with Crippen molar-refractivity contribution in [3.63, 3.8) is 0 Å². The van der Waals surface area contributed by atoms with Gasteiger partial charge in [-0.2, -0.15) is 44.8 Å². The third kappa shape index (κ3) is 8.55. The highest BCUT2D eigenvalue weighted by atomic mass is 19.4. The van der Waals surface area contributed by atoms with Gasteiger partial charge in [-0.3, -0.25) is 10.4 Å². The standard InChI is InChI=1S/C32H30F9N7/c1-19-10-25-27(8-5-9-47(28(25)15-26(19)32(39,40)41)17-21-7-4-6-20(11-21)16-42)48(29(43)44-45-46(2)3)18-22-12-23(30(33,34)35)14-24(13-22)31(36,37)38/h4,6-7,10-15,27,43H,5,8-9,17-18H2,1-3H3/t27-/m0/s1. The fraction of sp³-hybridized carbons (Fsp3) is 0.375. The predicted octanol–water partition coefficient (Wildman–Crippen LogP) is 9.13. The van der Waals surface area contributed by atoms with Crippen LogP contribution in [0.5, 0.6) is 0 Å². The number of anilines is 1. The molecule has 1 N–H and O–H groups in total. The van der Waals surface area contributed by atoms with Crippen LogP contribution < -0.4 is 4.90 Å². The quantitative estimate of drug-likeness (QED) is 0.0924. The van der Waals surface area contributed by atoms with Crippen molar-refractivity contribution in [3.8, 4) is 6.07 Å². The van der Waals surface area contributed by atoms with E-state index in [0.717, 1.165) is 11.0 Å². The number of hydrogen-bond donors (Lipinski definition) is 1. The van der Waals surface area contributed by atoms with Crippen LogP contribution in [0.1, 0.15) is 63.4 Å². The van der Waals surface area contributed by atoms with E-state index in [1.807, 2.05) is 6.07 Å². The van der Waals surface area contributed by atoms with Crippen molar-refractivity contribution < 1.29 is 39.5 Å². The molecule has 0 spiro atoms. The lowest BCUT2D eigenvalue weighted by molar-refractivity contribution is -0.143. The Labute approximate surface area is 270 Å². The number of rotatable bonds is 6. The number of nitrogens with zero attached hydrogens (tertiary/aromatic N) is 6. The van der Waals surface area contributed by atoms with Crippen LogP contribution in [0, 0.1) is 23.7 Å². The lowest BCUT2D eigenvalue weighted by Gasteiger charge is -2.34. The third-order valence-corrected chi connectivity index (χ3v) is 7.68. The zero-order chi connectivity index (χ0) is 35.6. The van der Waals surface area contributed by atoms with Gasteiger partial charge in [0, 0.05) is 39.4 Å². The second-order valence-corrected chi connectivity index (χ2v) is 11.5. The van der Waals surface area contributed by atoms with Gasteiger partial charge in [-0.15, -0.1) is 0 Å². The molecule has 0 amide bonds. The van der Waals surface area contributed by atoms with E-state index in [4.69, 9.17) is 5.41 Å². The summed E-state index contributed by atoms with van der Waals surface area (Å²) in [6, 6.07) is 10.8. The van der Waals surface area contributed by atoms with Crippen molar-refractivity contribution in [1.82, 2.24) is 9.91 Å². The normalized spacial score (nSPS) is 15.6. The maximum atomic E-state index is 14.2. The zero-order valence-corrected chi connectivity index (χ0v) is 25.9. The van der Waals surface area contributed by atoms with E-state index in [9.17, 15) is 44.8 Å². The minimum absolute atomic E-state index is 0.00687. The Kier molecular flexibility index (Phi) is 10.3. The van der Waals surface area contributed by atoms with E-state index < -0.39 is 59.3 Å². The minimum Gasteiger partial charge on any atom is -0.367 e. The zero-order valence-electron chi connectivity index (χ0n) is 25.9. The molecule has 0 saturated carbocycles. The van der Waals surface area contributed by atoms with E-state index in [-0.39, 0.29) is 42.4 Å². The Balaban J connectivity index is 1.91. The molecule has 0 aliphatic carbocycles. The van der Waals surface area contributed by atoms with Gasteiger partial charge in [-0.05, 0) is 78.4 Å². The number of benzene rings is 3. The second kappa shape index (κ2) is 13.7. The van der Waals surface area contributed by atoms with Crippen molar-refractivity contribution >= 4 is 11.6 Å². The summed E-state index contributed by atoms with van der Waals surface area (Å²) in [5.41, 5.74) is -3.30. The van der Waals surface area contributed by atoms with Crippen molar-refractivity contribution in [1.29, 1.82) is 10.7 Å². The fourth-order valence-electron chi connectivity index (χ4n) is 5.59. The minimum atomic E-state index is -5.12. The van der Waals surface area contributed by atoms with E-state index in [2.05, 4.69) is 10.3 Å². The molecule has 3 aromatic carbocycles. The number of alkyl halides is 9. The van der Waals surface area contributed by atoms with Crippen LogP contribution in [0.2, 0.25) is 0 Å². The van der Waals surface area contributed by atoms with Gasteiger partial charge in [0.1, 0.15) is 0 Å². The number of guanidine groups is 1.